The van der Waals surface area contributed by atoms with Crippen LogP contribution in [0.4, 0.5) is 0 Å². The second-order valence-corrected chi connectivity index (χ2v) is 5.27. The second kappa shape index (κ2) is 6.49. The first-order valence-corrected chi connectivity index (χ1v) is 6.98. The van der Waals surface area contributed by atoms with E-state index in [4.69, 9.17) is 0 Å². The normalized spacial score (nSPS) is 13.7. The molecule has 21 heavy (non-hydrogen) atoms. The van der Waals surface area contributed by atoms with E-state index in [9.17, 15) is 9.90 Å². The van der Waals surface area contributed by atoms with E-state index in [2.05, 4.69) is 15.4 Å². The number of aliphatic hydroxyl groups excluding tert-OH is 1. The van der Waals surface area contributed by atoms with Crippen molar-refractivity contribution in [3.05, 3.63) is 42.5 Å². The van der Waals surface area contributed by atoms with Gasteiger partial charge < -0.3 is 10.4 Å². The lowest BCUT2D eigenvalue weighted by Crippen LogP contribution is -2.49. The number of hydrogen-bond donors (Lipinski definition) is 2. The monoisotopic (exact) mass is 288 g/mol. The first kappa shape index (κ1) is 15.2. The Kier molecular flexibility index (Phi) is 4.70. The number of rotatable bonds is 6. The topological polar surface area (TPSA) is 80.0 Å². The standard InChI is InChI=1S/C15H20N4O2/c1-3-9-15(2,10-20)17-14(21)13-16-11-19(18-13)12-7-5-4-6-8-12/h4-8,11,20H,3,9-10H2,1-2H3,(H,17,21). The van der Waals surface area contributed by atoms with Gasteiger partial charge in [0.05, 0.1) is 17.8 Å². The van der Waals surface area contributed by atoms with Crippen molar-refractivity contribution in [1.29, 1.82) is 0 Å². The Balaban J connectivity index is 2.12. The molecule has 1 unspecified atom stereocenters. The minimum Gasteiger partial charge on any atom is -0.394 e. The van der Waals surface area contributed by atoms with Crippen LogP contribution >= 0.6 is 0 Å². The zero-order valence-corrected chi connectivity index (χ0v) is 12.3. The summed E-state index contributed by atoms with van der Waals surface area (Å²) in [5.74, 6) is -0.288. The van der Waals surface area contributed by atoms with Crippen molar-refractivity contribution in [2.75, 3.05) is 6.61 Å². The lowest BCUT2D eigenvalue weighted by molar-refractivity contribution is 0.0830. The fraction of sp³-hybridized carbons (Fsp3) is 0.400. The van der Waals surface area contributed by atoms with Crippen molar-refractivity contribution >= 4 is 5.91 Å². The van der Waals surface area contributed by atoms with Crippen LogP contribution in [0.2, 0.25) is 0 Å². The summed E-state index contributed by atoms with van der Waals surface area (Å²) in [6, 6.07) is 9.45. The largest absolute Gasteiger partial charge is 0.394 e. The zero-order valence-electron chi connectivity index (χ0n) is 12.3. The molecule has 0 bridgehead atoms. The maximum absolute atomic E-state index is 12.2. The van der Waals surface area contributed by atoms with Crippen LogP contribution in [-0.2, 0) is 0 Å². The summed E-state index contributed by atoms with van der Waals surface area (Å²) in [5.41, 5.74) is 0.187. The van der Waals surface area contributed by atoms with E-state index in [1.807, 2.05) is 44.2 Å². The third-order valence-corrected chi connectivity index (χ3v) is 3.28. The molecule has 1 amide bonds. The fourth-order valence-electron chi connectivity index (χ4n) is 2.14. The van der Waals surface area contributed by atoms with Crippen molar-refractivity contribution in [1.82, 2.24) is 20.1 Å². The molecule has 6 heteroatoms. The molecule has 0 aliphatic rings. The van der Waals surface area contributed by atoms with E-state index in [0.717, 1.165) is 12.1 Å². The molecule has 0 saturated heterocycles. The molecule has 1 atom stereocenters. The highest BCUT2D eigenvalue weighted by molar-refractivity contribution is 5.90. The van der Waals surface area contributed by atoms with Crippen molar-refractivity contribution in [3.8, 4) is 5.69 Å². The number of carbonyl (C=O) groups excluding carboxylic acids is 1. The van der Waals surface area contributed by atoms with Gasteiger partial charge in [0.25, 0.3) is 5.91 Å². The number of nitrogens with one attached hydrogen (secondary N) is 1. The average molecular weight is 288 g/mol. The Bertz CT molecular complexity index is 597. The molecule has 0 aliphatic heterocycles. The summed E-state index contributed by atoms with van der Waals surface area (Å²) in [6.07, 6.45) is 3.05. The molecule has 2 N–H and O–H groups in total. The Morgan fingerprint density at radius 3 is 2.71 bits per heavy atom. The highest BCUT2D eigenvalue weighted by Crippen LogP contribution is 2.12. The molecule has 6 nitrogen and oxygen atoms in total. The first-order valence-electron chi connectivity index (χ1n) is 6.98. The number of nitrogens with zero attached hydrogens (tertiary/aromatic N) is 3. The van der Waals surface area contributed by atoms with Gasteiger partial charge >= 0.3 is 0 Å². The number of amides is 1. The smallest absolute Gasteiger partial charge is 0.291 e. The number of carbonyl (C=O) groups is 1. The minimum atomic E-state index is -0.649. The fourth-order valence-corrected chi connectivity index (χ4v) is 2.14. The summed E-state index contributed by atoms with van der Waals surface area (Å²) < 4.78 is 1.55. The van der Waals surface area contributed by atoms with Gasteiger partial charge in [0.15, 0.2) is 0 Å². The Labute approximate surface area is 123 Å². The molecule has 0 aliphatic carbocycles. The van der Waals surface area contributed by atoms with Gasteiger partial charge in [-0.05, 0) is 25.5 Å². The minimum absolute atomic E-state index is 0.0923. The van der Waals surface area contributed by atoms with Crippen molar-refractivity contribution in [3.63, 3.8) is 0 Å². The Hall–Kier alpha value is -2.21. The van der Waals surface area contributed by atoms with Crippen LogP contribution in [0.25, 0.3) is 5.69 Å². The predicted octanol–water partition coefficient (Wildman–Crippen LogP) is 1.55. The predicted molar refractivity (Wildman–Crippen MR) is 79.2 cm³/mol. The van der Waals surface area contributed by atoms with Crippen LogP contribution in [-0.4, -0.2) is 37.9 Å². The summed E-state index contributed by atoms with van der Waals surface area (Å²) in [4.78, 5) is 16.2. The Morgan fingerprint density at radius 2 is 2.10 bits per heavy atom. The molecule has 0 fully saturated rings. The number of aromatic nitrogens is 3. The summed E-state index contributed by atoms with van der Waals surface area (Å²) in [7, 11) is 0. The van der Waals surface area contributed by atoms with Crippen LogP contribution in [0.1, 0.15) is 37.3 Å². The third kappa shape index (κ3) is 3.66. The maximum Gasteiger partial charge on any atom is 0.291 e. The van der Waals surface area contributed by atoms with E-state index >= 15 is 0 Å². The lowest BCUT2D eigenvalue weighted by atomic mass is 9.97. The summed E-state index contributed by atoms with van der Waals surface area (Å²) in [5, 5.41) is 16.4. The van der Waals surface area contributed by atoms with E-state index in [1.165, 1.54) is 6.33 Å². The van der Waals surface area contributed by atoms with E-state index in [0.29, 0.717) is 6.42 Å². The van der Waals surface area contributed by atoms with Gasteiger partial charge in [0, 0.05) is 0 Å². The van der Waals surface area contributed by atoms with E-state index in [-0.39, 0.29) is 18.3 Å². The van der Waals surface area contributed by atoms with Gasteiger partial charge in [-0.2, -0.15) is 0 Å². The van der Waals surface area contributed by atoms with Gasteiger partial charge in [0.1, 0.15) is 6.33 Å². The highest BCUT2D eigenvalue weighted by Gasteiger charge is 2.26. The van der Waals surface area contributed by atoms with Gasteiger partial charge in [0.2, 0.25) is 5.82 Å². The van der Waals surface area contributed by atoms with Gasteiger partial charge in [-0.1, -0.05) is 31.5 Å². The molecule has 0 spiro atoms. The third-order valence-electron chi connectivity index (χ3n) is 3.28. The summed E-state index contributed by atoms with van der Waals surface area (Å²) in [6.45, 7) is 3.69. The van der Waals surface area contributed by atoms with Gasteiger partial charge in [-0.15, -0.1) is 5.10 Å². The molecule has 1 aromatic carbocycles. The van der Waals surface area contributed by atoms with E-state index in [1.54, 1.807) is 4.68 Å². The van der Waals surface area contributed by atoms with Crippen LogP contribution in [0, 0.1) is 0 Å². The van der Waals surface area contributed by atoms with Gasteiger partial charge in [-0.3, -0.25) is 4.79 Å². The molecule has 0 radical (unpaired) electrons. The SMILES string of the molecule is CCCC(C)(CO)NC(=O)c1ncn(-c2ccccc2)n1. The van der Waals surface area contributed by atoms with Crippen molar-refractivity contribution in [2.45, 2.75) is 32.2 Å². The summed E-state index contributed by atoms with van der Waals surface area (Å²) >= 11 is 0. The molecule has 2 aromatic rings. The lowest BCUT2D eigenvalue weighted by Gasteiger charge is -2.27. The van der Waals surface area contributed by atoms with Crippen molar-refractivity contribution in [2.24, 2.45) is 0 Å². The first-order chi connectivity index (χ1) is 10.1. The van der Waals surface area contributed by atoms with E-state index < -0.39 is 5.54 Å². The second-order valence-electron chi connectivity index (χ2n) is 5.27. The molecule has 0 saturated carbocycles. The van der Waals surface area contributed by atoms with Crippen LogP contribution in [0.3, 0.4) is 0 Å². The quantitative estimate of drug-likeness (QED) is 0.845. The Morgan fingerprint density at radius 1 is 1.38 bits per heavy atom. The zero-order chi connectivity index (χ0) is 15.3. The number of para-hydroxylation sites is 1. The molecular formula is C15H20N4O2. The van der Waals surface area contributed by atoms with Crippen LogP contribution in [0.5, 0.6) is 0 Å². The average Bonchev–Trinajstić information content (AvgIpc) is 2.98. The molecule has 1 heterocycles. The van der Waals surface area contributed by atoms with Crippen molar-refractivity contribution < 1.29 is 9.90 Å². The molecular weight excluding hydrogens is 268 g/mol. The number of benzene rings is 1. The molecule has 112 valence electrons. The number of hydrogen-bond acceptors (Lipinski definition) is 4. The molecule has 1 aromatic heterocycles. The highest BCUT2D eigenvalue weighted by atomic mass is 16.3. The van der Waals surface area contributed by atoms with Gasteiger partial charge in [-0.25, -0.2) is 9.67 Å². The maximum atomic E-state index is 12.2. The van der Waals surface area contributed by atoms with Crippen LogP contribution in [0.15, 0.2) is 36.7 Å². The number of aliphatic hydroxyl groups is 1. The molecule has 2 rings (SSSR count). The van der Waals surface area contributed by atoms with Crippen LogP contribution < -0.4 is 5.32 Å².